The number of carbonyl (C=O) groups excluding carboxylic acids is 2. The Kier molecular flexibility index (Phi) is 5.35. The molecule has 0 aliphatic carbocycles. The molecule has 0 aliphatic heterocycles. The van der Waals surface area contributed by atoms with Crippen LogP contribution in [0.3, 0.4) is 0 Å². The predicted molar refractivity (Wildman–Crippen MR) is 84.7 cm³/mol. The van der Waals surface area contributed by atoms with Crippen molar-refractivity contribution in [1.29, 1.82) is 0 Å². The van der Waals surface area contributed by atoms with Crippen molar-refractivity contribution < 1.29 is 14.0 Å². The van der Waals surface area contributed by atoms with Crippen LogP contribution in [0.1, 0.15) is 6.42 Å². The Morgan fingerprint density at radius 3 is 2.05 bits per heavy atom. The summed E-state index contributed by atoms with van der Waals surface area (Å²) in [5.41, 5.74) is 0.850. The van der Waals surface area contributed by atoms with E-state index in [-0.39, 0.29) is 11.4 Å². The molecule has 0 spiro atoms. The normalized spacial score (nSPS) is 10.1. The first kappa shape index (κ1) is 16.3. The van der Waals surface area contributed by atoms with Crippen molar-refractivity contribution in [3.8, 4) is 0 Å². The standard InChI is InChI=1S/C15H11Cl2FN2O2/c16-9-1-3-10(4-2-9)19-14(21)8-15(22)20-11-5-6-13(18)12(17)7-11/h1-7H,8H2,(H,19,21)(H,20,22). The fourth-order valence-corrected chi connectivity index (χ4v) is 1.97. The van der Waals surface area contributed by atoms with E-state index in [0.717, 1.165) is 6.07 Å². The van der Waals surface area contributed by atoms with Gasteiger partial charge < -0.3 is 10.6 Å². The number of amides is 2. The van der Waals surface area contributed by atoms with Crippen LogP contribution < -0.4 is 10.6 Å². The molecule has 0 aliphatic rings. The molecule has 2 aromatic rings. The summed E-state index contributed by atoms with van der Waals surface area (Å²) in [7, 11) is 0. The van der Waals surface area contributed by atoms with Gasteiger partial charge in [0.15, 0.2) is 0 Å². The largest absolute Gasteiger partial charge is 0.326 e. The lowest BCUT2D eigenvalue weighted by atomic mass is 10.2. The second kappa shape index (κ2) is 7.24. The monoisotopic (exact) mass is 340 g/mol. The molecule has 2 amide bonds. The summed E-state index contributed by atoms with van der Waals surface area (Å²) in [5, 5.41) is 5.46. The van der Waals surface area contributed by atoms with Gasteiger partial charge in [0.1, 0.15) is 12.2 Å². The molecule has 0 aromatic heterocycles. The summed E-state index contributed by atoms with van der Waals surface area (Å²) in [6, 6.07) is 10.2. The molecule has 2 rings (SSSR count). The minimum atomic E-state index is -0.583. The summed E-state index contributed by atoms with van der Waals surface area (Å²) < 4.78 is 13.0. The number of hydrogen-bond acceptors (Lipinski definition) is 2. The Balaban J connectivity index is 1.89. The lowest BCUT2D eigenvalue weighted by Crippen LogP contribution is -2.21. The fourth-order valence-electron chi connectivity index (χ4n) is 1.66. The van der Waals surface area contributed by atoms with Gasteiger partial charge in [-0.15, -0.1) is 0 Å². The maximum atomic E-state index is 13.0. The summed E-state index contributed by atoms with van der Waals surface area (Å²) in [6.07, 6.45) is -0.377. The molecule has 0 saturated carbocycles. The molecule has 2 N–H and O–H groups in total. The molecule has 2 aromatic carbocycles. The first-order chi connectivity index (χ1) is 10.4. The molecule has 4 nitrogen and oxygen atoms in total. The van der Waals surface area contributed by atoms with Gasteiger partial charge in [0.2, 0.25) is 11.8 Å². The fraction of sp³-hybridized carbons (Fsp3) is 0.0667. The van der Waals surface area contributed by atoms with Crippen LogP contribution in [0.15, 0.2) is 42.5 Å². The Bertz CT molecular complexity index is 705. The molecule has 0 heterocycles. The van der Waals surface area contributed by atoms with Crippen molar-refractivity contribution in [2.75, 3.05) is 10.6 Å². The van der Waals surface area contributed by atoms with Gasteiger partial charge in [-0.2, -0.15) is 0 Å². The average molecular weight is 341 g/mol. The highest BCUT2D eigenvalue weighted by Crippen LogP contribution is 2.19. The Morgan fingerprint density at radius 1 is 0.909 bits per heavy atom. The molecule has 0 fully saturated rings. The van der Waals surface area contributed by atoms with Gasteiger partial charge in [-0.25, -0.2) is 4.39 Å². The zero-order valence-electron chi connectivity index (χ0n) is 11.2. The number of benzene rings is 2. The second-order valence-electron chi connectivity index (χ2n) is 4.41. The zero-order chi connectivity index (χ0) is 16.1. The van der Waals surface area contributed by atoms with E-state index >= 15 is 0 Å². The number of anilines is 2. The maximum Gasteiger partial charge on any atom is 0.233 e. The lowest BCUT2D eigenvalue weighted by molar-refractivity contribution is -0.123. The van der Waals surface area contributed by atoms with Gasteiger partial charge in [0.25, 0.3) is 0 Å². The van der Waals surface area contributed by atoms with Crippen LogP contribution in [0.25, 0.3) is 0 Å². The van der Waals surface area contributed by atoms with E-state index in [1.165, 1.54) is 12.1 Å². The molecule has 0 bridgehead atoms. The highest BCUT2D eigenvalue weighted by atomic mass is 35.5. The second-order valence-corrected chi connectivity index (χ2v) is 5.25. The smallest absolute Gasteiger partial charge is 0.233 e. The van der Waals surface area contributed by atoms with Crippen LogP contribution in [0.2, 0.25) is 10.0 Å². The van der Waals surface area contributed by atoms with Crippen LogP contribution >= 0.6 is 23.2 Å². The SMILES string of the molecule is O=C(CC(=O)Nc1ccc(F)c(Cl)c1)Nc1ccc(Cl)cc1. The van der Waals surface area contributed by atoms with Crippen molar-refractivity contribution in [3.05, 3.63) is 58.3 Å². The van der Waals surface area contributed by atoms with Gasteiger partial charge >= 0.3 is 0 Å². The number of carbonyl (C=O) groups is 2. The molecule has 7 heteroatoms. The van der Waals surface area contributed by atoms with Crippen LogP contribution in [0.4, 0.5) is 15.8 Å². The number of nitrogens with one attached hydrogen (secondary N) is 2. The van der Waals surface area contributed by atoms with Gasteiger partial charge in [-0.1, -0.05) is 23.2 Å². The lowest BCUT2D eigenvalue weighted by Gasteiger charge is -2.07. The van der Waals surface area contributed by atoms with Crippen molar-refractivity contribution in [2.45, 2.75) is 6.42 Å². The molecule has 0 radical (unpaired) electrons. The molecule has 0 atom stereocenters. The van der Waals surface area contributed by atoms with Crippen LogP contribution in [-0.4, -0.2) is 11.8 Å². The third-order valence-corrected chi connectivity index (χ3v) is 3.19. The quantitative estimate of drug-likeness (QED) is 0.823. The minimum Gasteiger partial charge on any atom is -0.326 e. The molecule has 0 saturated heterocycles. The van der Waals surface area contributed by atoms with E-state index in [4.69, 9.17) is 23.2 Å². The van der Waals surface area contributed by atoms with E-state index in [2.05, 4.69) is 10.6 Å². The topological polar surface area (TPSA) is 58.2 Å². The highest BCUT2D eigenvalue weighted by Gasteiger charge is 2.11. The van der Waals surface area contributed by atoms with Crippen LogP contribution in [0, 0.1) is 5.82 Å². The Labute approximate surface area is 136 Å². The summed E-state index contributed by atoms with van der Waals surface area (Å²) in [6.45, 7) is 0. The van der Waals surface area contributed by atoms with E-state index < -0.39 is 17.6 Å². The van der Waals surface area contributed by atoms with E-state index in [1.54, 1.807) is 24.3 Å². The maximum absolute atomic E-state index is 13.0. The third-order valence-electron chi connectivity index (χ3n) is 2.65. The predicted octanol–water partition coefficient (Wildman–Crippen LogP) is 4.10. The van der Waals surface area contributed by atoms with Crippen molar-refractivity contribution in [1.82, 2.24) is 0 Å². The zero-order valence-corrected chi connectivity index (χ0v) is 12.7. The van der Waals surface area contributed by atoms with E-state index in [0.29, 0.717) is 16.4 Å². The highest BCUT2D eigenvalue weighted by molar-refractivity contribution is 6.31. The van der Waals surface area contributed by atoms with Gasteiger partial charge in [0.05, 0.1) is 5.02 Å². The van der Waals surface area contributed by atoms with Crippen molar-refractivity contribution in [2.24, 2.45) is 0 Å². The first-order valence-corrected chi connectivity index (χ1v) is 7.00. The van der Waals surface area contributed by atoms with Crippen molar-refractivity contribution >= 4 is 46.4 Å². The van der Waals surface area contributed by atoms with Crippen molar-refractivity contribution in [3.63, 3.8) is 0 Å². The Morgan fingerprint density at radius 2 is 1.45 bits per heavy atom. The van der Waals surface area contributed by atoms with Gasteiger partial charge in [-0.05, 0) is 42.5 Å². The number of hydrogen-bond donors (Lipinski definition) is 2. The summed E-state index contributed by atoms with van der Waals surface area (Å²) >= 11 is 11.3. The average Bonchev–Trinajstić information content (AvgIpc) is 2.45. The number of halogens is 3. The molecular weight excluding hydrogens is 330 g/mol. The van der Waals surface area contributed by atoms with Crippen LogP contribution in [0.5, 0.6) is 0 Å². The Hall–Kier alpha value is -2.11. The minimum absolute atomic E-state index is 0.108. The van der Waals surface area contributed by atoms with E-state index in [9.17, 15) is 14.0 Å². The van der Waals surface area contributed by atoms with Crippen LogP contribution in [-0.2, 0) is 9.59 Å². The summed E-state index contributed by atoms with van der Waals surface area (Å²) in [4.78, 5) is 23.5. The molecule has 114 valence electrons. The third kappa shape index (κ3) is 4.72. The number of rotatable bonds is 4. The molecule has 0 unspecified atom stereocenters. The first-order valence-electron chi connectivity index (χ1n) is 6.24. The molecule has 22 heavy (non-hydrogen) atoms. The molecular formula is C15H11Cl2FN2O2. The van der Waals surface area contributed by atoms with E-state index in [1.807, 2.05) is 0 Å². The van der Waals surface area contributed by atoms with Gasteiger partial charge in [-0.3, -0.25) is 9.59 Å². The summed E-state index contributed by atoms with van der Waals surface area (Å²) in [5.74, 6) is -1.60. The van der Waals surface area contributed by atoms with Gasteiger partial charge in [0, 0.05) is 16.4 Å².